The molecule has 0 amide bonds. The largest absolute Gasteiger partial charge is 0.469 e. The van der Waals surface area contributed by atoms with E-state index in [2.05, 4.69) is 165 Å². The highest BCUT2D eigenvalue weighted by atomic mass is 16.5. The first-order chi connectivity index (χ1) is 36.5. The minimum atomic E-state index is -0.311. The van der Waals surface area contributed by atoms with Crippen LogP contribution in [0.15, 0.2) is 60.7 Å². The molecule has 78 heavy (non-hydrogen) atoms. The number of rotatable bonds is 15. The van der Waals surface area contributed by atoms with Gasteiger partial charge in [0.15, 0.2) is 0 Å². The van der Waals surface area contributed by atoms with Crippen LogP contribution < -0.4 is 0 Å². The third kappa shape index (κ3) is 48.5. The van der Waals surface area contributed by atoms with Gasteiger partial charge in [-0.1, -0.05) is 164 Å². The number of fused-ring (bicyclic) bond motifs is 2. The fraction of sp³-hybridized carbons (Fsp3) is 0.776. The Labute approximate surface area is 484 Å². The molecule has 2 saturated carbocycles. The first kappa shape index (κ1) is 88.5. The van der Waals surface area contributed by atoms with Crippen LogP contribution in [-0.4, -0.2) is 109 Å². The topological polar surface area (TPSA) is 125 Å². The van der Waals surface area contributed by atoms with E-state index in [9.17, 15) is 14.4 Å². The molecule has 0 aliphatic heterocycles. The number of ether oxygens (including phenoxy) is 8. The van der Waals surface area contributed by atoms with Gasteiger partial charge < -0.3 is 37.9 Å². The van der Waals surface area contributed by atoms with E-state index in [1.54, 1.807) is 63.3 Å². The van der Waals surface area contributed by atoms with Crippen molar-refractivity contribution in [2.24, 2.45) is 46.3 Å². The number of methoxy groups -OCH3 is 8. The van der Waals surface area contributed by atoms with Gasteiger partial charge in [0.1, 0.15) is 0 Å². The molecule has 4 rings (SSSR count). The van der Waals surface area contributed by atoms with Crippen LogP contribution in [0.4, 0.5) is 0 Å². The van der Waals surface area contributed by atoms with Crippen molar-refractivity contribution in [3.05, 3.63) is 71.8 Å². The van der Waals surface area contributed by atoms with Gasteiger partial charge in [0, 0.05) is 63.5 Å². The predicted octanol–water partition coefficient (Wildman–Crippen LogP) is 17.6. The molecule has 8 atom stereocenters. The van der Waals surface area contributed by atoms with Crippen molar-refractivity contribution in [1.29, 1.82) is 0 Å². The maximum absolute atomic E-state index is 10.8. The second-order valence-electron chi connectivity index (χ2n) is 22.3. The summed E-state index contributed by atoms with van der Waals surface area (Å²) in [5.41, 5.74) is 2.60. The van der Waals surface area contributed by atoms with Gasteiger partial charge in [0.2, 0.25) is 0 Å². The number of carbonyl (C=O) groups is 3. The summed E-state index contributed by atoms with van der Waals surface area (Å²) < 4.78 is 36.1. The van der Waals surface area contributed by atoms with E-state index in [1.165, 1.54) is 64.6 Å². The van der Waals surface area contributed by atoms with Crippen LogP contribution >= 0.6 is 0 Å². The monoisotopic (exact) mass is 1110 g/mol. The highest BCUT2D eigenvalue weighted by Crippen LogP contribution is 2.51. The second kappa shape index (κ2) is 56.9. The molecule has 11 nitrogen and oxygen atoms in total. The lowest BCUT2D eigenvalue weighted by atomic mass is 9.82. The summed E-state index contributed by atoms with van der Waals surface area (Å²) in [6.45, 7) is 40.8. The van der Waals surface area contributed by atoms with Crippen LogP contribution in [0.2, 0.25) is 0 Å². The van der Waals surface area contributed by atoms with Crippen LogP contribution in [0.5, 0.6) is 0 Å². The number of hydrogen-bond acceptors (Lipinski definition) is 11. The van der Waals surface area contributed by atoms with Crippen molar-refractivity contribution in [2.75, 3.05) is 84.8 Å². The smallest absolute Gasteiger partial charge is 0.311 e. The van der Waals surface area contributed by atoms with E-state index in [4.69, 9.17) is 9.47 Å². The lowest BCUT2D eigenvalue weighted by molar-refractivity contribution is -0.151. The molecule has 2 aliphatic rings. The second-order valence-corrected chi connectivity index (χ2v) is 22.3. The lowest BCUT2D eigenvalue weighted by Gasteiger charge is -2.24. The van der Waals surface area contributed by atoms with Gasteiger partial charge in [-0.05, 0) is 144 Å². The molecule has 0 saturated heterocycles. The molecule has 2 bridgehead atoms. The third-order valence-electron chi connectivity index (χ3n) is 14.8. The molecule has 0 aromatic heterocycles. The van der Waals surface area contributed by atoms with Crippen molar-refractivity contribution in [2.45, 2.75) is 213 Å². The van der Waals surface area contributed by atoms with Crippen molar-refractivity contribution >= 4 is 17.9 Å². The molecular formula is C67H130O11. The third-order valence-corrected chi connectivity index (χ3v) is 14.8. The Hall–Kier alpha value is -3.35. The van der Waals surface area contributed by atoms with Gasteiger partial charge >= 0.3 is 17.9 Å². The summed E-state index contributed by atoms with van der Waals surface area (Å²) in [5.74, 6) is 5.43. The Morgan fingerprint density at radius 2 is 0.885 bits per heavy atom. The van der Waals surface area contributed by atoms with Crippen LogP contribution in [0, 0.1) is 46.3 Å². The fourth-order valence-electron chi connectivity index (χ4n) is 6.76. The molecule has 2 aromatic carbocycles. The van der Waals surface area contributed by atoms with E-state index >= 15 is 0 Å². The zero-order valence-corrected chi connectivity index (χ0v) is 56.7. The van der Waals surface area contributed by atoms with Gasteiger partial charge in [-0.25, -0.2) is 0 Å². The quantitative estimate of drug-likeness (QED) is 0.125. The zero-order valence-electron chi connectivity index (χ0n) is 56.7. The van der Waals surface area contributed by atoms with E-state index in [0.717, 1.165) is 61.9 Å². The van der Waals surface area contributed by atoms with E-state index < -0.39 is 0 Å². The summed E-state index contributed by atoms with van der Waals surface area (Å²) in [7, 11) is 17.5. The molecule has 0 heterocycles. The summed E-state index contributed by atoms with van der Waals surface area (Å²) >= 11 is 0. The normalized spacial score (nSPS) is 16.8. The zero-order chi connectivity index (χ0) is 62.5. The number of esters is 3. The van der Waals surface area contributed by atoms with Crippen LogP contribution in [0.3, 0.4) is 0 Å². The highest BCUT2D eigenvalue weighted by molar-refractivity contribution is 5.76. The van der Waals surface area contributed by atoms with Crippen LogP contribution in [0.25, 0.3) is 0 Å². The minimum absolute atomic E-state index is 0.0556. The predicted molar refractivity (Wildman–Crippen MR) is 335 cm³/mol. The molecular weight excluding hydrogens is 981 g/mol. The molecule has 2 aromatic rings. The average molecular weight is 1110 g/mol. The van der Waals surface area contributed by atoms with Gasteiger partial charge in [-0.3, -0.25) is 14.4 Å². The molecule has 0 spiro atoms. The molecule has 11 heteroatoms. The molecule has 0 radical (unpaired) electrons. The lowest BCUT2D eigenvalue weighted by Crippen LogP contribution is -2.24. The summed E-state index contributed by atoms with van der Waals surface area (Å²) in [6, 6.07) is 21.3. The number of carbonyl (C=O) groups excluding carboxylic acids is 3. The Balaban J connectivity index is -0.000000145. The summed E-state index contributed by atoms with van der Waals surface area (Å²) in [6.07, 6.45) is 12.3. The average Bonchev–Trinajstić information content (AvgIpc) is 4.05. The van der Waals surface area contributed by atoms with Crippen LogP contribution in [-0.2, 0) is 57.7 Å². The first-order valence-corrected chi connectivity index (χ1v) is 29.0. The number of benzene rings is 2. The maximum Gasteiger partial charge on any atom is 0.311 e. The van der Waals surface area contributed by atoms with Crippen LogP contribution in [0.1, 0.15) is 213 Å². The minimum Gasteiger partial charge on any atom is -0.469 e. The summed E-state index contributed by atoms with van der Waals surface area (Å²) in [5, 5.41) is 0. The Morgan fingerprint density at radius 3 is 1.06 bits per heavy atom. The van der Waals surface area contributed by atoms with Gasteiger partial charge in [-0.15, -0.1) is 0 Å². The Kier molecular flexibility index (Phi) is 64.6. The highest BCUT2D eigenvalue weighted by Gasteiger charge is 2.42. The first-order valence-electron chi connectivity index (χ1n) is 29.0. The van der Waals surface area contributed by atoms with E-state index in [0.29, 0.717) is 17.4 Å². The van der Waals surface area contributed by atoms with Crippen molar-refractivity contribution < 1.29 is 52.3 Å². The Bertz CT molecular complexity index is 1510. The van der Waals surface area contributed by atoms with Gasteiger partial charge in [0.25, 0.3) is 0 Å². The van der Waals surface area contributed by atoms with Crippen molar-refractivity contribution in [3.8, 4) is 0 Å². The standard InChI is InChI=1S/C11H16.C10H14.C9H16.2C7H14O2.C6H12O2.C6H14O.C5H12O.3C2H6O/c1-4-11(2,3)10-8-6-5-7-9-10;1-3-9(2)10-7-5-4-6-8-10;1-6-7(2)9-4-3-8(6)5-9;2*1-5-7(2,3)6(8)9-4;1-4-5(2)6(7)8-3;1-4-6(2)5-7-3;1-4-5(2)6-3;3*1-3-2/h5-9H,4H2,1-3H3;4-9H,3H2,1-2H3;6-9H,3-5H2,1-2H3;2*5H2,1-4H3;5H,4H2,1-3H3;6H,4-5H2,1-3H3;5H,4H2,1-3H3;3*1-2H3. The Morgan fingerprint density at radius 1 is 0.513 bits per heavy atom. The molecule has 464 valence electrons. The SMILES string of the molecule is CC1C2CCC(C2)C1C.CCC(C)(C)C(=O)OC.CCC(C)(C)C(=O)OC.CCC(C)(C)c1ccccc1.CCC(C)C(=O)OC.CCC(C)COC.CCC(C)OC.CCC(C)c1ccccc1.COC.COC.COC. The van der Waals surface area contributed by atoms with Gasteiger partial charge in [-0.2, -0.15) is 0 Å². The van der Waals surface area contributed by atoms with E-state index in [1.807, 2.05) is 55.4 Å². The fourth-order valence-corrected chi connectivity index (χ4v) is 6.76. The maximum atomic E-state index is 10.8. The molecule has 8 unspecified atom stereocenters. The summed E-state index contributed by atoms with van der Waals surface area (Å²) in [4.78, 5) is 32.2. The van der Waals surface area contributed by atoms with Gasteiger partial charge in [0.05, 0.1) is 44.2 Å². The molecule has 2 fully saturated rings. The number of hydrogen-bond donors (Lipinski definition) is 0. The molecule has 2 aliphatic carbocycles. The molecule has 0 N–H and O–H groups in total. The van der Waals surface area contributed by atoms with Crippen molar-refractivity contribution in [3.63, 3.8) is 0 Å². The van der Waals surface area contributed by atoms with E-state index in [-0.39, 0.29) is 34.7 Å². The van der Waals surface area contributed by atoms with Crippen molar-refractivity contribution in [1.82, 2.24) is 0 Å².